The van der Waals surface area contributed by atoms with Crippen molar-refractivity contribution in [2.45, 2.75) is 19.7 Å². The van der Waals surface area contributed by atoms with Gasteiger partial charge in [0.15, 0.2) is 0 Å². The molecule has 0 bridgehead atoms. The first-order chi connectivity index (χ1) is 13.4. The van der Waals surface area contributed by atoms with Gasteiger partial charge in [0.2, 0.25) is 0 Å². The average molecular weight is 390 g/mol. The van der Waals surface area contributed by atoms with Crippen LogP contribution in [0.25, 0.3) is 22.2 Å². The molecule has 3 aromatic rings. The van der Waals surface area contributed by atoms with Crippen molar-refractivity contribution in [1.29, 1.82) is 0 Å². The molecule has 0 fully saturated rings. The maximum atomic E-state index is 13.0. The quantitative estimate of drug-likeness (QED) is 0.418. The molecule has 0 spiro atoms. The van der Waals surface area contributed by atoms with Crippen LogP contribution in [0.15, 0.2) is 53.5 Å². The number of aromatic nitrogens is 1. The number of aromatic amines is 1. The summed E-state index contributed by atoms with van der Waals surface area (Å²) in [5.41, 5.74) is 2.40. The predicted molar refractivity (Wildman–Crippen MR) is 104 cm³/mol. The molecule has 1 N–H and O–H groups in total. The molecule has 7 heteroatoms. The van der Waals surface area contributed by atoms with Crippen LogP contribution in [-0.2, 0) is 16.1 Å². The summed E-state index contributed by atoms with van der Waals surface area (Å²) in [6, 6.07) is 15.0. The third-order valence-corrected chi connectivity index (χ3v) is 4.25. The van der Waals surface area contributed by atoms with E-state index in [-0.39, 0.29) is 12.3 Å². The Labute approximate surface area is 161 Å². The summed E-state index contributed by atoms with van der Waals surface area (Å²) < 4.78 is 49.5. The van der Waals surface area contributed by atoms with Crippen molar-refractivity contribution >= 4 is 22.3 Å². The minimum Gasteiger partial charge on any atom is -0.382 e. The van der Waals surface area contributed by atoms with Gasteiger partial charge in [-0.05, 0) is 36.2 Å². The van der Waals surface area contributed by atoms with E-state index in [1.54, 1.807) is 13.2 Å². The molecular weight excluding hydrogens is 369 g/mol. The van der Waals surface area contributed by atoms with Crippen LogP contribution in [0.1, 0.15) is 12.5 Å². The van der Waals surface area contributed by atoms with Crippen LogP contribution in [0.4, 0.5) is 18.9 Å². The van der Waals surface area contributed by atoms with Crippen LogP contribution in [-0.4, -0.2) is 37.2 Å². The van der Waals surface area contributed by atoms with Crippen molar-refractivity contribution in [3.63, 3.8) is 0 Å². The molecule has 28 heavy (non-hydrogen) atoms. The van der Waals surface area contributed by atoms with Gasteiger partial charge in [-0.25, -0.2) is 4.99 Å². The lowest BCUT2D eigenvalue weighted by Crippen LogP contribution is -2.18. The molecule has 1 heterocycles. The van der Waals surface area contributed by atoms with Crippen LogP contribution < -0.4 is 0 Å². The molecule has 0 radical (unpaired) electrons. The summed E-state index contributed by atoms with van der Waals surface area (Å²) in [4.78, 5) is 7.06. The fourth-order valence-corrected chi connectivity index (χ4v) is 2.81. The lowest BCUT2D eigenvalue weighted by molar-refractivity contribution is -0.0591. The van der Waals surface area contributed by atoms with E-state index in [0.717, 1.165) is 29.1 Å². The van der Waals surface area contributed by atoms with Crippen LogP contribution in [0.2, 0.25) is 0 Å². The normalized spacial score (nSPS) is 12.7. The molecule has 0 aliphatic rings. The highest BCUT2D eigenvalue weighted by Gasteiger charge is 2.32. The number of hydrogen-bond donors (Lipinski definition) is 1. The summed E-state index contributed by atoms with van der Waals surface area (Å²) in [7, 11) is 1.58. The average Bonchev–Trinajstić information content (AvgIpc) is 3.10. The van der Waals surface area contributed by atoms with Crippen molar-refractivity contribution in [2.24, 2.45) is 4.99 Å². The molecule has 0 unspecified atom stereocenters. The Hall–Kier alpha value is -2.64. The number of methoxy groups -OCH3 is 1. The number of alkyl halides is 3. The van der Waals surface area contributed by atoms with E-state index in [4.69, 9.17) is 9.47 Å². The number of H-pyrrole nitrogens is 1. The first kappa shape index (κ1) is 20.1. The van der Waals surface area contributed by atoms with E-state index in [0.29, 0.717) is 18.7 Å². The second-order valence-corrected chi connectivity index (χ2v) is 6.37. The maximum Gasteiger partial charge on any atom is 0.429 e. The standard InChI is InChI=1S/C21H21F3N2O2/c1-14(21(22,23)24)25-19-11-15(13-28-9-8-27-2)10-17-12-18(26-20(17)19)16-6-4-3-5-7-16/h3-7,10-12,26H,8-9,13H2,1-2H3/b25-14-. The summed E-state index contributed by atoms with van der Waals surface area (Å²) in [5, 5.41) is 0.778. The molecule has 0 saturated heterocycles. The Morgan fingerprint density at radius 3 is 2.50 bits per heavy atom. The summed E-state index contributed by atoms with van der Waals surface area (Å²) in [6.07, 6.45) is -4.48. The largest absolute Gasteiger partial charge is 0.429 e. The number of nitrogens with one attached hydrogen (secondary N) is 1. The van der Waals surface area contributed by atoms with E-state index in [1.807, 2.05) is 42.5 Å². The van der Waals surface area contributed by atoms with E-state index in [9.17, 15) is 13.2 Å². The van der Waals surface area contributed by atoms with Gasteiger partial charge in [0.1, 0.15) is 5.71 Å². The van der Waals surface area contributed by atoms with Gasteiger partial charge in [-0.3, -0.25) is 0 Å². The fourth-order valence-electron chi connectivity index (χ4n) is 2.81. The Morgan fingerprint density at radius 1 is 1.07 bits per heavy atom. The minimum atomic E-state index is -4.48. The van der Waals surface area contributed by atoms with Crippen LogP contribution in [0.3, 0.4) is 0 Å². The number of rotatable bonds is 7. The molecule has 4 nitrogen and oxygen atoms in total. The minimum absolute atomic E-state index is 0.236. The van der Waals surface area contributed by atoms with Crippen molar-refractivity contribution in [2.75, 3.05) is 20.3 Å². The van der Waals surface area contributed by atoms with Crippen molar-refractivity contribution in [1.82, 2.24) is 4.98 Å². The summed E-state index contributed by atoms with van der Waals surface area (Å²) >= 11 is 0. The second-order valence-electron chi connectivity index (χ2n) is 6.37. The number of hydrogen-bond acceptors (Lipinski definition) is 3. The Balaban J connectivity index is 2.04. The highest BCUT2D eigenvalue weighted by Crippen LogP contribution is 2.33. The molecular formula is C21H21F3N2O2. The highest BCUT2D eigenvalue weighted by atomic mass is 19.4. The van der Waals surface area contributed by atoms with Gasteiger partial charge in [-0.15, -0.1) is 0 Å². The number of fused-ring (bicyclic) bond motifs is 1. The van der Waals surface area contributed by atoms with Crippen LogP contribution >= 0.6 is 0 Å². The zero-order chi connectivity index (χ0) is 20.1. The van der Waals surface area contributed by atoms with Crippen molar-refractivity contribution in [3.05, 3.63) is 54.1 Å². The molecule has 0 saturated carbocycles. The van der Waals surface area contributed by atoms with Gasteiger partial charge in [0.25, 0.3) is 0 Å². The number of aliphatic imine (C=N–C) groups is 1. The third-order valence-electron chi connectivity index (χ3n) is 4.25. The first-order valence-electron chi connectivity index (χ1n) is 8.78. The van der Waals surface area contributed by atoms with Gasteiger partial charge in [-0.1, -0.05) is 30.3 Å². The zero-order valence-electron chi connectivity index (χ0n) is 15.6. The maximum absolute atomic E-state index is 13.0. The number of halogens is 3. The lowest BCUT2D eigenvalue weighted by atomic mass is 10.1. The van der Waals surface area contributed by atoms with Crippen molar-refractivity contribution in [3.8, 4) is 11.3 Å². The van der Waals surface area contributed by atoms with E-state index >= 15 is 0 Å². The van der Waals surface area contributed by atoms with Gasteiger partial charge >= 0.3 is 6.18 Å². The molecule has 1 aromatic heterocycles. The zero-order valence-corrected chi connectivity index (χ0v) is 15.6. The SMILES string of the molecule is COCCOCc1cc(/N=C(/C)C(F)(F)F)c2[nH]c(-c3ccccc3)cc2c1. The highest BCUT2D eigenvalue weighted by molar-refractivity contribution is 5.98. The number of nitrogens with zero attached hydrogens (tertiary/aromatic N) is 1. The predicted octanol–water partition coefficient (Wildman–Crippen LogP) is 5.65. The van der Waals surface area contributed by atoms with E-state index < -0.39 is 11.9 Å². The third kappa shape index (κ3) is 4.79. The number of ether oxygens (including phenoxy) is 2. The molecule has 3 rings (SSSR count). The van der Waals surface area contributed by atoms with E-state index in [1.165, 1.54) is 0 Å². The topological polar surface area (TPSA) is 46.6 Å². The van der Waals surface area contributed by atoms with Gasteiger partial charge in [-0.2, -0.15) is 13.2 Å². The Kier molecular flexibility index (Phi) is 6.16. The van der Waals surface area contributed by atoms with Gasteiger partial charge < -0.3 is 14.5 Å². The molecule has 0 aliphatic heterocycles. The molecule has 0 atom stereocenters. The summed E-state index contributed by atoms with van der Waals surface area (Å²) in [6.45, 7) is 2.08. The molecule has 0 amide bonds. The number of benzene rings is 2. The van der Waals surface area contributed by atoms with Crippen LogP contribution in [0.5, 0.6) is 0 Å². The van der Waals surface area contributed by atoms with Crippen molar-refractivity contribution < 1.29 is 22.6 Å². The second kappa shape index (κ2) is 8.58. The molecule has 0 aliphatic carbocycles. The molecule has 148 valence electrons. The van der Waals surface area contributed by atoms with Gasteiger partial charge in [0, 0.05) is 18.2 Å². The Morgan fingerprint density at radius 2 is 1.82 bits per heavy atom. The lowest BCUT2D eigenvalue weighted by Gasteiger charge is -2.09. The van der Waals surface area contributed by atoms with Crippen LogP contribution in [0, 0.1) is 0 Å². The first-order valence-corrected chi connectivity index (χ1v) is 8.78. The smallest absolute Gasteiger partial charge is 0.382 e. The molecule has 2 aromatic carbocycles. The summed E-state index contributed by atoms with van der Waals surface area (Å²) in [5.74, 6) is 0. The fraction of sp³-hybridized carbons (Fsp3) is 0.286. The monoisotopic (exact) mass is 390 g/mol. The Bertz CT molecular complexity index is 963. The van der Waals surface area contributed by atoms with Gasteiger partial charge in [0.05, 0.1) is 31.0 Å². The van der Waals surface area contributed by atoms with E-state index in [2.05, 4.69) is 9.98 Å².